The van der Waals surface area contributed by atoms with Gasteiger partial charge in [-0.2, -0.15) is 0 Å². The maximum Gasteiger partial charge on any atom is 0.132 e. The van der Waals surface area contributed by atoms with Gasteiger partial charge in [-0.1, -0.05) is 0 Å². The van der Waals surface area contributed by atoms with E-state index in [1.165, 1.54) is 11.3 Å². The van der Waals surface area contributed by atoms with Crippen molar-refractivity contribution in [2.45, 2.75) is 38.1 Å². The maximum atomic E-state index is 5.93. The molecule has 25 heavy (non-hydrogen) atoms. The first-order valence-electron chi connectivity index (χ1n) is 9.19. The van der Waals surface area contributed by atoms with Gasteiger partial charge >= 0.3 is 0 Å². The third-order valence-electron chi connectivity index (χ3n) is 5.42. The van der Waals surface area contributed by atoms with E-state index in [2.05, 4.69) is 43.8 Å². The molecular weight excluding hydrogens is 312 g/mol. The number of hydrogen-bond donors (Lipinski definition) is 1. The van der Waals surface area contributed by atoms with Crippen LogP contribution in [0.25, 0.3) is 0 Å². The Morgan fingerprint density at radius 2 is 1.88 bits per heavy atom. The highest BCUT2D eigenvalue weighted by molar-refractivity contribution is 5.52. The van der Waals surface area contributed by atoms with Gasteiger partial charge in [0.05, 0.1) is 0 Å². The van der Waals surface area contributed by atoms with Crippen molar-refractivity contribution in [3.05, 3.63) is 42.1 Å². The normalized spacial score (nSPS) is 23.9. The molecule has 1 saturated heterocycles. The van der Waals surface area contributed by atoms with Crippen molar-refractivity contribution >= 4 is 11.5 Å². The molecule has 0 radical (unpaired) electrons. The fourth-order valence-electron chi connectivity index (χ4n) is 3.87. The second kappa shape index (κ2) is 6.96. The summed E-state index contributed by atoms with van der Waals surface area (Å²) in [7, 11) is 0. The van der Waals surface area contributed by atoms with Gasteiger partial charge in [0.1, 0.15) is 12.1 Å². The smallest absolute Gasteiger partial charge is 0.132 e. The minimum absolute atomic E-state index is 0.346. The molecule has 2 fully saturated rings. The van der Waals surface area contributed by atoms with Gasteiger partial charge in [-0.15, -0.1) is 0 Å². The Morgan fingerprint density at radius 1 is 1.08 bits per heavy atom. The van der Waals surface area contributed by atoms with Crippen LogP contribution in [0.2, 0.25) is 0 Å². The molecule has 0 spiro atoms. The Kier molecular flexibility index (Phi) is 4.53. The van der Waals surface area contributed by atoms with Gasteiger partial charge < -0.3 is 15.5 Å². The van der Waals surface area contributed by atoms with Crippen LogP contribution in [0.4, 0.5) is 11.5 Å². The zero-order chi connectivity index (χ0) is 17.2. The van der Waals surface area contributed by atoms with Crippen LogP contribution in [0.5, 0.6) is 0 Å². The Labute approximate surface area is 149 Å². The van der Waals surface area contributed by atoms with Gasteiger partial charge in [0.15, 0.2) is 0 Å². The van der Waals surface area contributed by atoms with E-state index in [9.17, 15) is 0 Å². The Bertz CT molecular complexity index is 727. The van der Waals surface area contributed by atoms with Crippen LogP contribution in [0, 0.1) is 6.92 Å². The second-order valence-corrected chi connectivity index (χ2v) is 7.22. The number of aromatic nitrogens is 3. The predicted octanol–water partition coefficient (Wildman–Crippen LogP) is 2.10. The lowest BCUT2D eigenvalue weighted by atomic mass is 9.78. The third kappa shape index (κ3) is 3.44. The molecule has 2 aromatic rings. The monoisotopic (exact) mass is 338 g/mol. The van der Waals surface area contributed by atoms with Crippen LogP contribution in [0.3, 0.4) is 0 Å². The number of nitrogens with two attached hydrogens (primary N) is 1. The standard InChI is InChI=1S/C19H26N6/c1-14-12-21-4-3-18(14)24-5-2-6-25(8-7-24)19-11-17(22-13-23-19)15-9-16(20)10-15/h3-4,11-13,15-16H,2,5-10,20H2,1H3. The van der Waals surface area contributed by atoms with Crippen molar-refractivity contribution in [2.75, 3.05) is 36.0 Å². The molecule has 1 saturated carbocycles. The minimum atomic E-state index is 0.346. The molecule has 4 rings (SSSR count). The molecule has 2 N–H and O–H groups in total. The summed E-state index contributed by atoms with van der Waals surface area (Å²) in [5.41, 5.74) is 9.61. The van der Waals surface area contributed by atoms with Crippen molar-refractivity contribution in [2.24, 2.45) is 5.73 Å². The second-order valence-electron chi connectivity index (χ2n) is 7.22. The van der Waals surface area contributed by atoms with E-state index in [1.54, 1.807) is 6.33 Å². The van der Waals surface area contributed by atoms with E-state index in [0.717, 1.165) is 57.0 Å². The van der Waals surface area contributed by atoms with E-state index < -0.39 is 0 Å². The van der Waals surface area contributed by atoms with Crippen molar-refractivity contribution in [1.29, 1.82) is 0 Å². The number of hydrogen-bond acceptors (Lipinski definition) is 6. The highest BCUT2D eigenvalue weighted by Gasteiger charge is 2.29. The summed E-state index contributed by atoms with van der Waals surface area (Å²) in [6.45, 7) is 6.20. The Hall–Kier alpha value is -2.21. The SMILES string of the molecule is Cc1cnccc1N1CCCN(c2cc(C3CC(N)C3)ncn2)CC1. The first kappa shape index (κ1) is 16.3. The van der Waals surface area contributed by atoms with Crippen LogP contribution in [-0.2, 0) is 0 Å². The topological polar surface area (TPSA) is 71.2 Å². The molecule has 2 aliphatic rings. The molecule has 2 aromatic heterocycles. The molecule has 6 nitrogen and oxygen atoms in total. The van der Waals surface area contributed by atoms with Gasteiger partial charge in [0.2, 0.25) is 0 Å². The zero-order valence-electron chi connectivity index (χ0n) is 14.8. The van der Waals surface area contributed by atoms with E-state index in [1.807, 2.05) is 12.4 Å². The van der Waals surface area contributed by atoms with Gasteiger partial charge in [0.25, 0.3) is 0 Å². The lowest BCUT2D eigenvalue weighted by Gasteiger charge is -2.32. The van der Waals surface area contributed by atoms with Crippen LogP contribution >= 0.6 is 0 Å². The third-order valence-corrected chi connectivity index (χ3v) is 5.42. The molecule has 6 heteroatoms. The quantitative estimate of drug-likeness (QED) is 0.924. The number of nitrogens with zero attached hydrogens (tertiary/aromatic N) is 5. The highest BCUT2D eigenvalue weighted by atomic mass is 15.3. The summed E-state index contributed by atoms with van der Waals surface area (Å²) in [5.74, 6) is 1.57. The molecule has 1 aliphatic carbocycles. The number of pyridine rings is 1. The van der Waals surface area contributed by atoms with Gasteiger partial charge in [-0.3, -0.25) is 4.98 Å². The van der Waals surface area contributed by atoms with Crippen LogP contribution in [0.1, 0.15) is 36.4 Å². The Morgan fingerprint density at radius 3 is 2.68 bits per heavy atom. The van der Waals surface area contributed by atoms with E-state index >= 15 is 0 Å². The van der Waals surface area contributed by atoms with Crippen molar-refractivity contribution in [1.82, 2.24) is 15.0 Å². The largest absolute Gasteiger partial charge is 0.369 e. The summed E-state index contributed by atoms with van der Waals surface area (Å²) in [6.07, 6.45) is 8.75. The fraction of sp³-hybridized carbons (Fsp3) is 0.526. The summed E-state index contributed by atoms with van der Waals surface area (Å²) < 4.78 is 0. The molecule has 132 valence electrons. The molecule has 0 amide bonds. The molecule has 0 aromatic carbocycles. The first-order valence-corrected chi connectivity index (χ1v) is 9.19. The summed E-state index contributed by atoms with van der Waals surface area (Å²) in [5, 5.41) is 0. The summed E-state index contributed by atoms with van der Waals surface area (Å²) >= 11 is 0. The minimum Gasteiger partial charge on any atom is -0.369 e. The van der Waals surface area contributed by atoms with Crippen LogP contribution in [0.15, 0.2) is 30.9 Å². The van der Waals surface area contributed by atoms with Gasteiger partial charge in [0, 0.05) is 68.0 Å². The van der Waals surface area contributed by atoms with Crippen molar-refractivity contribution in [3.63, 3.8) is 0 Å². The molecular formula is C19H26N6. The maximum absolute atomic E-state index is 5.93. The van der Waals surface area contributed by atoms with Crippen LogP contribution in [-0.4, -0.2) is 47.2 Å². The molecule has 0 atom stereocenters. The average Bonchev–Trinajstić information content (AvgIpc) is 2.86. The zero-order valence-corrected chi connectivity index (χ0v) is 14.8. The predicted molar refractivity (Wildman–Crippen MR) is 100.0 cm³/mol. The molecule has 1 aliphatic heterocycles. The van der Waals surface area contributed by atoms with E-state index in [-0.39, 0.29) is 0 Å². The number of aryl methyl sites for hydroxylation is 1. The first-order chi connectivity index (χ1) is 12.2. The average molecular weight is 338 g/mol. The number of anilines is 2. The lowest BCUT2D eigenvalue weighted by molar-refractivity contribution is 0.345. The highest BCUT2D eigenvalue weighted by Crippen LogP contribution is 2.35. The Balaban J connectivity index is 1.46. The van der Waals surface area contributed by atoms with E-state index in [0.29, 0.717) is 12.0 Å². The van der Waals surface area contributed by atoms with Crippen molar-refractivity contribution < 1.29 is 0 Å². The molecule has 3 heterocycles. The van der Waals surface area contributed by atoms with Gasteiger partial charge in [-0.05, 0) is 37.8 Å². The molecule has 0 bridgehead atoms. The van der Waals surface area contributed by atoms with Gasteiger partial charge in [-0.25, -0.2) is 9.97 Å². The van der Waals surface area contributed by atoms with Crippen molar-refractivity contribution in [3.8, 4) is 0 Å². The van der Waals surface area contributed by atoms with Crippen LogP contribution < -0.4 is 15.5 Å². The molecule has 0 unspecified atom stereocenters. The summed E-state index contributed by atoms with van der Waals surface area (Å²) in [4.78, 5) is 18.1. The number of rotatable bonds is 3. The lowest BCUT2D eigenvalue weighted by Crippen LogP contribution is -2.35. The van der Waals surface area contributed by atoms with E-state index in [4.69, 9.17) is 5.73 Å². The fourth-order valence-corrected chi connectivity index (χ4v) is 3.87. The summed E-state index contributed by atoms with van der Waals surface area (Å²) in [6, 6.07) is 4.64.